The van der Waals surface area contributed by atoms with Crippen LogP contribution in [0.4, 0.5) is 0 Å². The molecule has 1 nitrogen and oxygen atoms in total. The number of hydrogen-bond acceptors (Lipinski definition) is 1. The van der Waals surface area contributed by atoms with Gasteiger partial charge in [0.25, 0.3) is 0 Å². The summed E-state index contributed by atoms with van der Waals surface area (Å²) in [6, 6.07) is 0. The quantitative estimate of drug-likeness (QED) is 0.507. The van der Waals surface area contributed by atoms with Gasteiger partial charge in [-0.25, -0.2) is 0 Å². The van der Waals surface area contributed by atoms with Gasteiger partial charge in [-0.3, -0.25) is 0 Å². The highest BCUT2D eigenvalue weighted by Crippen LogP contribution is 2.29. The average molecular weight is 240 g/mol. The molecule has 0 aromatic heterocycles. The SMILES string of the molecule is CC1CCC(O)CC1I. The van der Waals surface area contributed by atoms with Crippen molar-refractivity contribution < 1.29 is 5.11 Å². The van der Waals surface area contributed by atoms with Gasteiger partial charge in [-0.2, -0.15) is 0 Å². The number of aliphatic hydroxyl groups excluding tert-OH is 1. The Balaban J connectivity index is 2.35. The largest absolute Gasteiger partial charge is 0.393 e. The van der Waals surface area contributed by atoms with Crippen LogP contribution in [0.15, 0.2) is 0 Å². The van der Waals surface area contributed by atoms with Gasteiger partial charge in [-0.15, -0.1) is 0 Å². The third kappa shape index (κ3) is 2.08. The summed E-state index contributed by atoms with van der Waals surface area (Å²) in [6.45, 7) is 2.27. The summed E-state index contributed by atoms with van der Waals surface area (Å²) in [7, 11) is 0. The Hall–Kier alpha value is 0.690. The highest BCUT2D eigenvalue weighted by atomic mass is 127. The molecule has 0 heterocycles. The van der Waals surface area contributed by atoms with Crippen molar-refractivity contribution in [2.75, 3.05) is 0 Å². The zero-order chi connectivity index (χ0) is 6.85. The van der Waals surface area contributed by atoms with E-state index in [4.69, 9.17) is 0 Å². The summed E-state index contributed by atoms with van der Waals surface area (Å²) in [5.41, 5.74) is 0. The van der Waals surface area contributed by atoms with Crippen molar-refractivity contribution in [2.45, 2.75) is 36.2 Å². The maximum Gasteiger partial charge on any atom is 0.0550 e. The molecule has 1 aliphatic rings. The van der Waals surface area contributed by atoms with Gasteiger partial charge >= 0.3 is 0 Å². The van der Waals surface area contributed by atoms with Gasteiger partial charge in [0, 0.05) is 3.92 Å². The Morgan fingerprint density at radius 3 is 2.56 bits per heavy atom. The molecule has 1 saturated carbocycles. The lowest BCUT2D eigenvalue weighted by Gasteiger charge is -2.27. The molecule has 0 spiro atoms. The Labute approximate surface area is 70.0 Å². The molecule has 2 heteroatoms. The van der Waals surface area contributed by atoms with E-state index in [2.05, 4.69) is 29.5 Å². The minimum absolute atomic E-state index is 0.0110. The van der Waals surface area contributed by atoms with Crippen LogP contribution in [-0.2, 0) is 0 Å². The predicted octanol–water partition coefficient (Wildman–Crippen LogP) is 1.97. The summed E-state index contributed by atoms with van der Waals surface area (Å²) in [6.07, 6.45) is 3.21. The lowest BCUT2D eigenvalue weighted by Crippen LogP contribution is -2.25. The average Bonchev–Trinajstić information content (AvgIpc) is 1.80. The van der Waals surface area contributed by atoms with E-state index in [0.29, 0.717) is 3.92 Å². The van der Waals surface area contributed by atoms with Gasteiger partial charge in [0.2, 0.25) is 0 Å². The van der Waals surface area contributed by atoms with E-state index in [1.54, 1.807) is 0 Å². The normalized spacial score (nSPS) is 45.0. The summed E-state index contributed by atoms with van der Waals surface area (Å²) in [4.78, 5) is 0. The van der Waals surface area contributed by atoms with Gasteiger partial charge in [-0.05, 0) is 25.2 Å². The molecule has 1 rings (SSSR count). The van der Waals surface area contributed by atoms with Crippen LogP contribution in [-0.4, -0.2) is 15.1 Å². The third-order valence-electron chi connectivity index (χ3n) is 2.07. The second kappa shape index (κ2) is 3.19. The number of alkyl halides is 1. The highest BCUT2D eigenvalue weighted by molar-refractivity contribution is 14.1. The van der Waals surface area contributed by atoms with Crippen LogP contribution in [0.2, 0.25) is 0 Å². The molecular formula is C7H13IO. The van der Waals surface area contributed by atoms with E-state index < -0.39 is 0 Å². The number of rotatable bonds is 0. The molecule has 0 saturated heterocycles. The standard InChI is InChI=1S/C7H13IO/c1-5-2-3-6(9)4-7(5)8/h5-7,9H,2-4H2,1H3. The topological polar surface area (TPSA) is 20.2 Å². The van der Waals surface area contributed by atoms with Crippen molar-refractivity contribution in [3.8, 4) is 0 Å². The number of halogens is 1. The minimum Gasteiger partial charge on any atom is -0.393 e. The second-order valence-electron chi connectivity index (χ2n) is 2.96. The Kier molecular flexibility index (Phi) is 2.76. The van der Waals surface area contributed by atoms with Crippen LogP contribution in [0, 0.1) is 5.92 Å². The number of aliphatic hydroxyl groups is 1. The molecule has 0 bridgehead atoms. The van der Waals surface area contributed by atoms with Crippen LogP contribution >= 0.6 is 22.6 Å². The van der Waals surface area contributed by atoms with E-state index in [9.17, 15) is 5.11 Å². The van der Waals surface area contributed by atoms with Gasteiger partial charge in [-0.1, -0.05) is 29.5 Å². The van der Waals surface area contributed by atoms with E-state index in [1.165, 1.54) is 6.42 Å². The van der Waals surface area contributed by atoms with Crippen molar-refractivity contribution in [1.82, 2.24) is 0 Å². The van der Waals surface area contributed by atoms with Crippen molar-refractivity contribution in [1.29, 1.82) is 0 Å². The van der Waals surface area contributed by atoms with Gasteiger partial charge in [0.15, 0.2) is 0 Å². The van der Waals surface area contributed by atoms with Crippen molar-refractivity contribution in [3.05, 3.63) is 0 Å². The second-order valence-corrected chi connectivity index (χ2v) is 4.56. The molecule has 0 aromatic carbocycles. The summed E-state index contributed by atoms with van der Waals surface area (Å²) in [5, 5.41) is 9.19. The van der Waals surface area contributed by atoms with E-state index in [0.717, 1.165) is 18.8 Å². The molecule has 1 fully saturated rings. The lowest BCUT2D eigenvalue weighted by molar-refractivity contribution is 0.119. The molecule has 0 aliphatic heterocycles. The molecule has 3 atom stereocenters. The first-order valence-corrected chi connectivity index (χ1v) is 4.77. The first-order chi connectivity index (χ1) is 4.20. The smallest absolute Gasteiger partial charge is 0.0550 e. The van der Waals surface area contributed by atoms with Crippen molar-refractivity contribution in [2.24, 2.45) is 5.92 Å². The maximum absolute atomic E-state index is 9.19. The molecule has 3 unspecified atom stereocenters. The van der Waals surface area contributed by atoms with Crippen LogP contribution in [0.3, 0.4) is 0 Å². The fourth-order valence-corrected chi connectivity index (χ4v) is 2.19. The summed E-state index contributed by atoms with van der Waals surface area (Å²) < 4.78 is 0.700. The van der Waals surface area contributed by atoms with E-state index >= 15 is 0 Å². The molecule has 0 amide bonds. The molecule has 1 aliphatic carbocycles. The van der Waals surface area contributed by atoms with Gasteiger partial charge < -0.3 is 5.11 Å². The fraction of sp³-hybridized carbons (Fsp3) is 1.00. The Morgan fingerprint density at radius 2 is 2.11 bits per heavy atom. The zero-order valence-corrected chi connectivity index (χ0v) is 7.84. The first kappa shape index (κ1) is 7.79. The van der Waals surface area contributed by atoms with Gasteiger partial charge in [0.05, 0.1) is 6.10 Å². The highest BCUT2D eigenvalue weighted by Gasteiger charge is 2.23. The molecule has 9 heavy (non-hydrogen) atoms. The molecule has 0 aromatic rings. The molecular weight excluding hydrogens is 227 g/mol. The van der Waals surface area contributed by atoms with Crippen molar-refractivity contribution >= 4 is 22.6 Å². The van der Waals surface area contributed by atoms with Crippen LogP contribution < -0.4 is 0 Å². The van der Waals surface area contributed by atoms with E-state index in [-0.39, 0.29) is 6.10 Å². The minimum atomic E-state index is -0.0110. The van der Waals surface area contributed by atoms with Crippen LogP contribution in [0.1, 0.15) is 26.2 Å². The molecule has 0 radical (unpaired) electrons. The summed E-state index contributed by atoms with van der Waals surface area (Å²) >= 11 is 2.44. The monoisotopic (exact) mass is 240 g/mol. The van der Waals surface area contributed by atoms with Crippen LogP contribution in [0.25, 0.3) is 0 Å². The zero-order valence-electron chi connectivity index (χ0n) is 5.68. The molecule has 54 valence electrons. The van der Waals surface area contributed by atoms with Crippen molar-refractivity contribution in [3.63, 3.8) is 0 Å². The first-order valence-electron chi connectivity index (χ1n) is 3.52. The molecule has 1 N–H and O–H groups in total. The Bertz CT molecular complexity index is 94.9. The predicted molar refractivity (Wildman–Crippen MR) is 46.8 cm³/mol. The maximum atomic E-state index is 9.19. The fourth-order valence-electron chi connectivity index (χ4n) is 1.25. The summed E-state index contributed by atoms with van der Waals surface area (Å²) in [5.74, 6) is 0.814. The van der Waals surface area contributed by atoms with Crippen LogP contribution in [0.5, 0.6) is 0 Å². The lowest BCUT2D eigenvalue weighted by atomic mass is 9.89. The third-order valence-corrected chi connectivity index (χ3v) is 3.81. The van der Waals surface area contributed by atoms with E-state index in [1.807, 2.05) is 0 Å². The van der Waals surface area contributed by atoms with Gasteiger partial charge in [0.1, 0.15) is 0 Å². The number of hydrogen-bond donors (Lipinski definition) is 1. The Morgan fingerprint density at radius 1 is 1.44 bits per heavy atom.